The molecule has 1 rings (SSSR count). The van der Waals surface area contributed by atoms with E-state index in [0.29, 0.717) is 0 Å². The molecule has 3 heteroatoms. The van der Waals surface area contributed by atoms with Crippen molar-refractivity contribution in [1.29, 1.82) is 0 Å². The number of hydrogen-bond donors (Lipinski definition) is 1. The molecule has 0 amide bonds. The summed E-state index contributed by atoms with van der Waals surface area (Å²) in [6, 6.07) is 5.76. The predicted octanol–water partition coefficient (Wildman–Crippen LogP) is 2.86. The van der Waals surface area contributed by atoms with E-state index < -0.39 is 5.97 Å². The lowest BCUT2D eigenvalue weighted by Crippen LogP contribution is -1.86. The van der Waals surface area contributed by atoms with Gasteiger partial charge in [0, 0.05) is 10.5 Å². The molecular weight excluding hydrogens is 232 g/mol. The van der Waals surface area contributed by atoms with E-state index in [9.17, 15) is 4.79 Å². The molecule has 1 aromatic carbocycles. The van der Waals surface area contributed by atoms with Crippen molar-refractivity contribution in [2.45, 2.75) is 6.92 Å². The number of carbonyl (C=O) groups is 1. The van der Waals surface area contributed by atoms with E-state index >= 15 is 0 Å². The Kier molecular flexibility index (Phi) is 3.25. The highest BCUT2D eigenvalue weighted by Gasteiger charge is 1.93. The van der Waals surface area contributed by atoms with Crippen LogP contribution in [0.3, 0.4) is 0 Å². The third-order valence-corrected chi connectivity index (χ3v) is 1.94. The summed E-state index contributed by atoms with van der Waals surface area (Å²) in [5.41, 5.74) is 1.98. The fourth-order valence-corrected chi connectivity index (χ4v) is 1.65. The van der Waals surface area contributed by atoms with E-state index in [-0.39, 0.29) is 0 Å². The van der Waals surface area contributed by atoms with Crippen molar-refractivity contribution in [2.75, 3.05) is 0 Å². The van der Waals surface area contributed by atoms with Crippen LogP contribution in [0.4, 0.5) is 0 Å². The summed E-state index contributed by atoms with van der Waals surface area (Å²) in [5.74, 6) is -0.933. The molecule has 0 aliphatic heterocycles. The van der Waals surface area contributed by atoms with Gasteiger partial charge >= 0.3 is 5.97 Å². The first kappa shape index (κ1) is 9.99. The molecule has 0 fully saturated rings. The Hall–Kier alpha value is -1.09. The molecule has 0 aliphatic carbocycles. The Bertz CT molecular complexity index is 336. The number of rotatable bonds is 2. The molecule has 0 radical (unpaired) electrons. The van der Waals surface area contributed by atoms with Gasteiger partial charge in [0.15, 0.2) is 0 Å². The Labute approximate surface area is 85.0 Å². The van der Waals surface area contributed by atoms with Gasteiger partial charge in [-0.05, 0) is 36.3 Å². The van der Waals surface area contributed by atoms with Crippen molar-refractivity contribution in [3.8, 4) is 0 Å². The molecule has 1 aromatic rings. The van der Waals surface area contributed by atoms with Gasteiger partial charge in [-0.1, -0.05) is 22.0 Å². The molecule has 0 heterocycles. The summed E-state index contributed by atoms with van der Waals surface area (Å²) in [4.78, 5) is 10.2. The van der Waals surface area contributed by atoms with E-state index in [0.717, 1.165) is 21.7 Å². The van der Waals surface area contributed by atoms with Crippen LogP contribution in [0.5, 0.6) is 0 Å². The number of carboxylic acid groups (broad SMARTS) is 1. The third-order valence-electron chi connectivity index (χ3n) is 1.48. The lowest BCUT2D eigenvalue weighted by Gasteiger charge is -1.97. The van der Waals surface area contributed by atoms with Crippen LogP contribution in [0.1, 0.15) is 11.1 Å². The minimum Gasteiger partial charge on any atom is -0.478 e. The number of carboxylic acids is 1. The van der Waals surface area contributed by atoms with Crippen molar-refractivity contribution in [3.05, 3.63) is 39.9 Å². The summed E-state index contributed by atoms with van der Waals surface area (Å²) in [6.07, 6.45) is 2.70. The fraction of sp³-hybridized carbons (Fsp3) is 0.100. The zero-order valence-corrected chi connectivity index (χ0v) is 8.71. The van der Waals surface area contributed by atoms with Gasteiger partial charge in [-0.15, -0.1) is 0 Å². The minimum atomic E-state index is -0.933. The molecular formula is C10H9BrO2. The van der Waals surface area contributed by atoms with Gasteiger partial charge in [0.1, 0.15) is 0 Å². The first-order valence-electron chi connectivity index (χ1n) is 3.76. The number of benzene rings is 1. The second-order valence-electron chi connectivity index (χ2n) is 2.73. The average molecular weight is 241 g/mol. The molecule has 2 nitrogen and oxygen atoms in total. The van der Waals surface area contributed by atoms with Crippen LogP contribution < -0.4 is 0 Å². The monoisotopic (exact) mass is 240 g/mol. The zero-order chi connectivity index (χ0) is 9.84. The lowest BCUT2D eigenvalue weighted by atomic mass is 10.1. The SMILES string of the molecule is Cc1cc(Br)cc(/C=C/C(=O)O)c1. The van der Waals surface area contributed by atoms with Crippen LogP contribution in [0.25, 0.3) is 6.08 Å². The highest BCUT2D eigenvalue weighted by Crippen LogP contribution is 2.16. The van der Waals surface area contributed by atoms with E-state index in [4.69, 9.17) is 5.11 Å². The highest BCUT2D eigenvalue weighted by atomic mass is 79.9. The zero-order valence-electron chi connectivity index (χ0n) is 7.12. The van der Waals surface area contributed by atoms with Gasteiger partial charge in [0.2, 0.25) is 0 Å². The third kappa shape index (κ3) is 3.42. The maximum Gasteiger partial charge on any atom is 0.328 e. The van der Waals surface area contributed by atoms with Gasteiger partial charge in [-0.25, -0.2) is 4.79 Å². The van der Waals surface area contributed by atoms with Gasteiger partial charge < -0.3 is 5.11 Å². The maximum absolute atomic E-state index is 10.2. The summed E-state index contributed by atoms with van der Waals surface area (Å²) < 4.78 is 0.956. The van der Waals surface area contributed by atoms with E-state index in [1.54, 1.807) is 6.08 Å². The summed E-state index contributed by atoms with van der Waals surface area (Å²) in [7, 11) is 0. The normalized spacial score (nSPS) is 10.6. The van der Waals surface area contributed by atoms with Crippen LogP contribution in [-0.4, -0.2) is 11.1 Å². The maximum atomic E-state index is 10.2. The van der Waals surface area contributed by atoms with Crippen LogP contribution in [0.2, 0.25) is 0 Å². The van der Waals surface area contributed by atoms with Gasteiger partial charge in [0.25, 0.3) is 0 Å². The number of hydrogen-bond acceptors (Lipinski definition) is 1. The Morgan fingerprint density at radius 2 is 2.15 bits per heavy atom. The van der Waals surface area contributed by atoms with E-state index in [1.165, 1.54) is 0 Å². The predicted molar refractivity (Wildman–Crippen MR) is 55.5 cm³/mol. The van der Waals surface area contributed by atoms with Crippen LogP contribution in [0.15, 0.2) is 28.7 Å². The summed E-state index contributed by atoms with van der Waals surface area (Å²) in [6.45, 7) is 1.96. The summed E-state index contributed by atoms with van der Waals surface area (Å²) in [5, 5.41) is 8.41. The molecule has 1 N–H and O–H groups in total. The van der Waals surface area contributed by atoms with Gasteiger partial charge in [0.05, 0.1) is 0 Å². The lowest BCUT2D eigenvalue weighted by molar-refractivity contribution is -0.131. The van der Waals surface area contributed by atoms with Gasteiger partial charge in [-0.3, -0.25) is 0 Å². The van der Waals surface area contributed by atoms with Crippen molar-refractivity contribution in [3.63, 3.8) is 0 Å². The summed E-state index contributed by atoms with van der Waals surface area (Å²) >= 11 is 3.34. The topological polar surface area (TPSA) is 37.3 Å². The number of aryl methyl sites for hydroxylation is 1. The van der Waals surface area contributed by atoms with Crippen LogP contribution in [-0.2, 0) is 4.79 Å². The molecule has 0 saturated carbocycles. The number of halogens is 1. The molecule has 0 aliphatic rings. The Morgan fingerprint density at radius 1 is 1.46 bits per heavy atom. The number of aliphatic carboxylic acids is 1. The Morgan fingerprint density at radius 3 is 2.69 bits per heavy atom. The molecule has 13 heavy (non-hydrogen) atoms. The highest BCUT2D eigenvalue weighted by molar-refractivity contribution is 9.10. The largest absolute Gasteiger partial charge is 0.478 e. The van der Waals surface area contributed by atoms with Crippen LogP contribution in [0, 0.1) is 6.92 Å². The van der Waals surface area contributed by atoms with Crippen LogP contribution >= 0.6 is 15.9 Å². The molecule has 0 saturated heterocycles. The second-order valence-corrected chi connectivity index (χ2v) is 3.65. The van der Waals surface area contributed by atoms with E-state index in [2.05, 4.69) is 15.9 Å². The van der Waals surface area contributed by atoms with Crippen molar-refractivity contribution >= 4 is 28.0 Å². The standard InChI is InChI=1S/C10H9BrO2/c1-7-4-8(2-3-10(12)13)6-9(11)5-7/h2-6H,1H3,(H,12,13)/b3-2+. The minimum absolute atomic E-state index is 0.884. The molecule has 0 spiro atoms. The molecule has 68 valence electrons. The fourth-order valence-electron chi connectivity index (χ4n) is 1.03. The second kappa shape index (κ2) is 4.23. The average Bonchev–Trinajstić information content (AvgIpc) is 1.99. The smallest absolute Gasteiger partial charge is 0.328 e. The molecule has 0 bridgehead atoms. The first-order chi connectivity index (χ1) is 6.08. The van der Waals surface area contributed by atoms with Gasteiger partial charge in [-0.2, -0.15) is 0 Å². The molecule has 0 unspecified atom stereocenters. The van der Waals surface area contributed by atoms with Crippen molar-refractivity contribution < 1.29 is 9.90 Å². The Balaban J connectivity index is 2.95. The quantitative estimate of drug-likeness (QED) is 0.808. The molecule has 0 atom stereocenters. The van der Waals surface area contributed by atoms with Crippen molar-refractivity contribution in [1.82, 2.24) is 0 Å². The molecule has 0 aromatic heterocycles. The van der Waals surface area contributed by atoms with Crippen molar-refractivity contribution in [2.24, 2.45) is 0 Å². The van der Waals surface area contributed by atoms with E-state index in [1.807, 2.05) is 25.1 Å². The first-order valence-corrected chi connectivity index (χ1v) is 4.55.